The third-order valence-corrected chi connectivity index (χ3v) is 4.50. The Kier molecular flexibility index (Phi) is 6.51. The molecule has 1 unspecified atom stereocenters. The van der Waals surface area contributed by atoms with Crippen molar-refractivity contribution in [2.24, 2.45) is 11.7 Å². The van der Waals surface area contributed by atoms with Crippen LogP contribution in [-0.2, 0) is 6.18 Å². The van der Waals surface area contributed by atoms with Gasteiger partial charge in [-0.25, -0.2) is 4.68 Å². The van der Waals surface area contributed by atoms with Gasteiger partial charge in [0.05, 0.1) is 11.3 Å². The van der Waals surface area contributed by atoms with Gasteiger partial charge in [0.15, 0.2) is 5.69 Å². The van der Waals surface area contributed by atoms with Crippen molar-refractivity contribution in [1.82, 2.24) is 15.1 Å². The molecule has 0 bridgehead atoms. The summed E-state index contributed by atoms with van der Waals surface area (Å²) in [5.74, 6) is -0.391. The summed E-state index contributed by atoms with van der Waals surface area (Å²) in [4.78, 5) is 24.7. The van der Waals surface area contributed by atoms with E-state index >= 15 is 0 Å². The molecule has 0 saturated heterocycles. The largest absolute Gasteiger partial charge is 0.416 e. The molecule has 1 fully saturated rings. The molecule has 1 aromatic heterocycles. The highest BCUT2D eigenvalue weighted by Gasteiger charge is 2.33. The molecule has 0 spiro atoms. The molecule has 1 saturated carbocycles. The monoisotopic (exact) mass is 416 g/mol. The molecule has 3 N–H and O–H groups in total. The lowest BCUT2D eigenvalue weighted by Gasteiger charge is -2.17. The summed E-state index contributed by atoms with van der Waals surface area (Å²) in [6.07, 6.45) is -2.60. The number of halogens is 4. The number of benzene rings is 1. The van der Waals surface area contributed by atoms with Crippen molar-refractivity contribution < 1.29 is 18.0 Å². The number of nitrogens with one attached hydrogen (secondary N) is 1. The highest BCUT2D eigenvalue weighted by molar-refractivity contribution is 5.92. The number of aryl methyl sites for hydroxylation is 1. The summed E-state index contributed by atoms with van der Waals surface area (Å²) in [6.45, 7) is 1.77. The summed E-state index contributed by atoms with van der Waals surface area (Å²) in [5, 5.41) is 6.72. The third kappa shape index (κ3) is 4.71. The molecule has 0 aliphatic heterocycles. The first-order chi connectivity index (χ1) is 12.7. The van der Waals surface area contributed by atoms with Crippen molar-refractivity contribution >= 4 is 18.3 Å². The number of rotatable bonds is 5. The lowest BCUT2D eigenvalue weighted by atomic mass is 10.1. The van der Waals surface area contributed by atoms with Gasteiger partial charge in [-0.15, -0.1) is 12.4 Å². The van der Waals surface area contributed by atoms with Crippen molar-refractivity contribution in [3.05, 3.63) is 57.5 Å². The minimum absolute atomic E-state index is 0. The van der Waals surface area contributed by atoms with Crippen LogP contribution in [0.4, 0.5) is 13.2 Å². The van der Waals surface area contributed by atoms with Gasteiger partial charge in [-0.2, -0.15) is 18.3 Å². The van der Waals surface area contributed by atoms with Gasteiger partial charge in [-0.05, 0) is 43.9 Å². The van der Waals surface area contributed by atoms with E-state index in [1.54, 1.807) is 0 Å². The lowest BCUT2D eigenvalue weighted by molar-refractivity contribution is -0.137. The second kappa shape index (κ2) is 8.32. The van der Waals surface area contributed by atoms with Crippen LogP contribution in [0.5, 0.6) is 0 Å². The summed E-state index contributed by atoms with van der Waals surface area (Å²) >= 11 is 0. The van der Waals surface area contributed by atoms with Gasteiger partial charge in [-0.3, -0.25) is 9.59 Å². The van der Waals surface area contributed by atoms with Gasteiger partial charge in [-0.1, -0.05) is 6.07 Å². The Labute approximate surface area is 165 Å². The number of aromatic nitrogens is 2. The molecule has 1 aromatic carbocycles. The number of alkyl halides is 3. The van der Waals surface area contributed by atoms with Gasteiger partial charge in [0.25, 0.3) is 5.91 Å². The molecule has 1 atom stereocenters. The number of hydrogen-bond donors (Lipinski definition) is 2. The summed E-state index contributed by atoms with van der Waals surface area (Å²) in [6, 6.07) is 5.46. The maximum absolute atomic E-state index is 13.0. The number of nitrogens with zero attached hydrogens (tertiary/aromatic N) is 2. The Bertz CT molecular complexity index is 926. The first-order valence-electron chi connectivity index (χ1n) is 8.50. The number of carbonyl (C=O) groups is 1. The fraction of sp³-hybridized carbons (Fsp3) is 0.389. The van der Waals surface area contributed by atoms with Crippen LogP contribution in [0.15, 0.2) is 35.1 Å². The average Bonchev–Trinajstić information content (AvgIpc) is 3.44. The number of nitrogens with two attached hydrogens (primary N) is 1. The topological polar surface area (TPSA) is 90.0 Å². The van der Waals surface area contributed by atoms with Gasteiger partial charge in [0, 0.05) is 24.3 Å². The fourth-order valence-corrected chi connectivity index (χ4v) is 2.88. The van der Waals surface area contributed by atoms with E-state index in [1.807, 2.05) is 0 Å². The van der Waals surface area contributed by atoms with Crippen LogP contribution >= 0.6 is 12.4 Å². The fourth-order valence-electron chi connectivity index (χ4n) is 2.88. The molecule has 1 aliphatic rings. The van der Waals surface area contributed by atoms with Crippen molar-refractivity contribution in [3.63, 3.8) is 0 Å². The molecule has 1 heterocycles. The highest BCUT2D eigenvalue weighted by Crippen LogP contribution is 2.32. The van der Waals surface area contributed by atoms with Crippen LogP contribution in [0.25, 0.3) is 5.69 Å². The van der Waals surface area contributed by atoms with Crippen molar-refractivity contribution in [2.75, 3.05) is 6.54 Å². The molecule has 0 radical (unpaired) electrons. The zero-order valence-electron chi connectivity index (χ0n) is 15.0. The van der Waals surface area contributed by atoms with Gasteiger partial charge in [0.1, 0.15) is 0 Å². The Hall–Kier alpha value is -2.39. The molecule has 152 valence electrons. The second-order valence-corrected chi connectivity index (χ2v) is 6.61. The normalized spacial score (nSPS) is 14.9. The molecular weight excluding hydrogens is 397 g/mol. The van der Waals surface area contributed by atoms with E-state index in [9.17, 15) is 22.8 Å². The molecule has 1 aliphatic carbocycles. The smallest absolute Gasteiger partial charge is 0.346 e. The van der Waals surface area contributed by atoms with E-state index in [4.69, 9.17) is 5.73 Å². The predicted molar refractivity (Wildman–Crippen MR) is 99.9 cm³/mol. The van der Waals surface area contributed by atoms with Crippen LogP contribution in [0, 0.1) is 12.8 Å². The number of carbonyl (C=O) groups excluding carboxylic acids is 1. The van der Waals surface area contributed by atoms with Crippen LogP contribution < -0.4 is 16.5 Å². The molecular formula is C18H20ClF3N4O2. The minimum Gasteiger partial charge on any atom is -0.346 e. The number of hydrogen-bond acceptors (Lipinski definition) is 4. The van der Waals surface area contributed by atoms with Crippen LogP contribution in [-0.4, -0.2) is 28.3 Å². The van der Waals surface area contributed by atoms with E-state index < -0.39 is 23.1 Å². The summed E-state index contributed by atoms with van der Waals surface area (Å²) < 4.78 is 40.0. The Morgan fingerprint density at radius 2 is 2.04 bits per heavy atom. The SMILES string of the molecule is Cc1cc(=O)c(C(=O)NC(CN)C2CC2)nn1-c1cccc(C(F)(F)F)c1.Cl. The quantitative estimate of drug-likeness (QED) is 0.783. The molecule has 6 nitrogen and oxygen atoms in total. The molecule has 3 rings (SSSR count). The van der Waals surface area contributed by atoms with E-state index in [0.717, 1.165) is 29.7 Å². The van der Waals surface area contributed by atoms with Crippen molar-refractivity contribution in [3.8, 4) is 5.69 Å². The zero-order valence-corrected chi connectivity index (χ0v) is 15.8. The van der Waals surface area contributed by atoms with Gasteiger partial charge in [0.2, 0.25) is 5.43 Å². The third-order valence-electron chi connectivity index (χ3n) is 4.50. The van der Waals surface area contributed by atoms with E-state index in [0.29, 0.717) is 5.69 Å². The van der Waals surface area contributed by atoms with Crippen molar-refractivity contribution in [1.29, 1.82) is 0 Å². The predicted octanol–water partition coefficient (Wildman–Crippen LogP) is 2.45. The standard InChI is InChI=1S/C18H19F3N4O2.ClH/c1-10-7-15(26)16(17(27)23-14(9-22)11-5-6-11)24-25(10)13-4-2-3-12(8-13)18(19,20)21;/h2-4,7-8,11,14H,5-6,9,22H2,1H3,(H,23,27);1H. The summed E-state index contributed by atoms with van der Waals surface area (Å²) in [7, 11) is 0. The van der Waals surface area contributed by atoms with Crippen LogP contribution in [0.3, 0.4) is 0 Å². The highest BCUT2D eigenvalue weighted by atomic mass is 35.5. The van der Waals surface area contributed by atoms with E-state index in [1.165, 1.54) is 25.1 Å². The maximum Gasteiger partial charge on any atom is 0.416 e. The first-order valence-corrected chi connectivity index (χ1v) is 8.50. The van der Waals surface area contributed by atoms with Crippen molar-refractivity contribution in [2.45, 2.75) is 32.0 Å². The molecule has 1 amide bonds. The summed E-state index contributed by atoms with van der Waals surface area (Å²) in [5.41, 5.74) is 4.25. The second-order valence-electron chi connectivity index (χ2n) is 6.61. The first kappa shape index (κ1) is 21.9. The Morgan fingerprint density at radius 1 is 1.36 bits per heavy atom. The van der Waals surface area contributed by atoms with E-state index in [-0.39, 0.29) is 42.3 Å². The number of amides is 1. The zero-order chi connectivity index (χ0) is 19.8. The Morgan fingerprint density at radius 3 is 2.61 bits per heavy atom. The lowest BCUT2D eigenvalue weighted by Crippen LogP contribution is -2.44. The van der Waals surface area contributed by atoms with Crippen LogP contribution in [0.2, 0.25) is 0 Å². The minimum atomic E-state index is -4.51. The van der Waals surface area contributed by atoms with Gasteiger partial charge >= 0.3 is 6.18 Å². The average molecular weight is 417 g/mol. The maximum atomic E-state index is 13.0. The molecule has 10 heteroatoms. The molecule has 2 aromatic rings. The van der Waals surface area contributed by atoms with Crippen LogP contribution in [0.1, 0.15) is 34.6 Å². The van der Waals surface area contributed by atoms with E-state index in [2.05, 4.69) is 10.4 Å². The Balaban J connectivity index is 0.00000280. The van der Waals surface area contributed by atoms with Gasteiger partial charge < -0.3 is 11.1 Å². The molecule has 28 heavy (non-hydrogen) atoms.